The second kappa shape index (κ2) is 5.34. The van der Waals surface area contributed by atoms with Gasteiger partial charge >= 0.3 is 0 Å². The molecule has 0 saturated heterocycles. The minimum absolute atomic E-state index is 0.200. The van der Waals surface area contributed by atoms with Gasteiger partial charge < -0.3 is 5.32 Å². The smallest absolute Gasteiger partial charge is 0.255 e. The van der Waals surface area contributed by atoms with Crippen molar-refractivity contribution < 1.29 is 4.79 Å². The average molecular weight is 305 g/mol. The zero-order chi connectivity index (χ0) is 15.6. The Morgan fingerprint density at radius 3 is 2.91 bits per heavy atom. The summed E-state index contributed by atoms with van der Waals surface area (Å²) in [5, 5.41) is 24.2. The van der Waals surface area contributed by atoms with Crippen molar-refractivity contribution in [2.45, 2.75) is 0 Å². The van der Waals surface area contributed by atoms with Gasteiger partial charge in [0, 0.05) is 22.2 Å². The molecule has 112 valence electrons. The Labute approximate surface area is 129 Å². The van der Waals surface area contributed by atoms with Crippen LogP contribution in [0.3, 0.4) is 0 Å². The van der Waals surface area contributed by atoms with Crippen molar-refractivity contribution in [1.29, 1.82) is 0 Å². The van der Waals surface area contributed by atoms with Crippen molar-refractivity contribution in [2.75, 3.05) is 5.32 Å². The van der Waals surface area contributed by atoms with Crippen LogP contribution in [0.25, 0.3) is 22.3 Å². The summed E-state index contributed by atoms with van der Waals surface area (Å²) < 4.78 is 0. The molecule has 8 heteroatoms. The number of aromatic nitrogens is 6. The number of amides is 1. The van der Waals surface area contributed by atoms with Gasteiger partial charge in [-0.3, -0.25) is 9.89 Å². The predicted molar refractivity (Wildman–Crippen MR) is 83.7 cm³/mol. The highest BCUT2D eigenvalue weighted by Crippen LogP contribution is 2.19. The second-order valence-electron chi connectivity index (χ2n) is 4.96. The minimum Gasteiger partial charge on any atom is -0.322 e. The maximum absolute atomic E-state index is 12.4. The Hall–Kier alpha value is -3.55. The number of hydrogen-bond donors (Lipinski definition) is 3. The lowest BCUT2D eigenvalue weighted by Gasteiger charge is -2.06. The molecule has 0 atom stereocenters. The third-order valence-electron chi connectivity index (χ3n) is 3.44. The van der Waals surface area contributed by atoms with Gasteiger partial charge in [0.25, 0.3) is 5.91 Å². The van der Waals surface area contributed by atoms with E-state index in [0.29, 0.717) is 17.1 Å². The molecule has 0 saturated carbocycles. The van der Waals surface area contributed by atoms with Gasteiger partial charge in [0.1, 0.15) is 0 Å². The van der Waals surface area contributed by atoms with Gasteiger partial charge in [-0.15, -0.1) is 5.10 Å². The number of carbonyl (C=O) groups is 1. The number of benzene rings is 2. The third-order valence-corrected chi connectivity index (χ3v) is 3.44. The summed E-state index contributed by atoms with van der Waals surface area (Å²) in [7, 11) is 0. The van der Waals surface area contributed by atoms with Crippen molar-refractivity contribution >= 4 is 22.5 Å². The van der Waals surface area contributed by atoms with Crippen LogP contribution in [0.2, 0.25) is 0 Å². The van der Waals surface area contributed by atoms with E-state index in [1.54, 1.807) is 30.5 Å². The molecule has 4 rings (SSSR count). The van der Waals surface area contributed by atoms with E-state index in [9.17, 15) is 4.79 Å². The first kappa shape index (κ1) is 13.1. The second-order valence-corrected chi connectivity index (χ2v) is 4.96. The molecule has 0 fully saturated rings. The summed E-state index contributed by atoms with van der Waals surface area (Å²) in [6.07, 6.45) is 1.71. The molecule has 0 spiro atoms. The van der Waals surface area contributed by atoms with E-state index in [-0.39, 0.29) is 5.91 Å². The molecule has 1 amide bonds. The van der Waals surface area contributed by atoms with Gasteiger partial charge in [-0.2, -0.15) is 5.10 Å². The minimum atomic E-state index is -0.200. The fourth-order valence-electron chi connectivity index (χ4n) is 2.31. The van der Waals surface area contributed by atoms with Crippen molar-refractivity contribution in [1.82, 2.24) is 30.8 Å². The molecule has 0 aliphatic rings. The van der Waals surface area contributed by atoms with Gasteiger partial charge in [0.2, 0.25) is 0 Å². The van der Waals surface area contributed by atoms with Crippen molar-refractivity contribution in [2.24, 2.45) is 0 Å². The summed E-state index contributed by atoms with van der Waals surface area (Å²) in [5.41, 5.74) is 2.82. The standard InChI is InChI=1S/C15H11N7O/c23-15(10-4-5-11-8-16-18-13(11)7-10)17-12-3-1-2-9(6-12)14-19-21-22-20-14/h1-8H,(H,16,18)(H,17,23)(H,19,20,21,22). The maximum Gasteiger partial charge on any atom is 0.255 e. The van der Waals surface area contributed by atoms with Gasteiger partial charge in [-0.05, 0) is 34.7 Å². The van der Waals surface area contributed by atoms with Crippen LogP contribution < -0.4 is 5.32 Å². The Bertz CT molecular complexity index is 974. The number of fused-ring (bicyclic) bond motifs is 1. The highest BCUT2D eigenvalue weighted by atomic mass is 16.1. The van der Waals surface area contributed by atoms with E-state index in [1.165, 1.54) is 0 Å². The number of anilines is 1. The molecule has 0 aliphatic heterocycles. The number of tetrazole rings is 1. The molecule has 0 radical (unpaired) electrons. The first-order chi connectivity index (χ1) is 11.3. The van der Waals surface area contributed by atoms with Crippen molar-refractivity contribution in [3.63, 3.8) is 0 Å². The molecule has 2 aromatic carbocycles. The lowest BCUT2D eigenvalue weighted by molar-refractivity contribution is 0.102. The Morgan fingerprint density at radius 1 is 1.09 bits per heavy atom. The Balaban J connectivity index is 1.59. The lowest BCUT2D eigenvalue weighted by atomic mass is 10.1. The highest BCUT2D eigenvalue weighted by Gasteiger charge is 2.09. The van der Waals surface area contributed by atoms with E-state index in [4.69, 9.17) is 0 Å². The van der Waals surface area contributed by atoms with Gasteiger partial charge in [-0.1, -0.05) is 18.2 Å². The van der Waals surface area contributed by atoms with Gasteiger partial charge in [0.15, 0.2) is 5.82 Å². The molecule has 0 unspecified atom stereocenters. The van der Waals surface area contributed by atoms with Crippen molar-refractivity contribution in [3.05, 3.63) is 54.2 Å². The number of aromatic amines is 2. The summed E-state index contributed by atoms with van der Waals surface area (Å²) in [6.45, 7) is 0. The van der Waals surface area contributed by atoms with E-state index in [1.807, 2.05) is 18.2 Å². The quantitative estimate of drug-likeness (QED) is 0.536. The Morgan fingerprint density at radius 2 is 2.04 bits per heavy atom. The molecule has 8 nitrogen and oxygen atoms in total. The lowest BCUT2D eigenvalue weighted by Crippen LogP contribution is -2.11. The van der Waals surface area contributed by atoms with Crippen LogP contribution in [0.5, 0.6) is 0 Å². The summed E-state index contributed by atoms with van der Waals surface area (Å²) in [5.74, 6) is 0.342. The van der Waals surface area contributed by atoms with Gasteiger partial charge in [-0.25, -0.2) is 5.10 Å². The molecule has 0 bridgehead atoms. The van der Waals surface area contributed by atoms with E-state index in [0.717, 1.165) is 16.5 Å². The van der Waals surface area contributed by atoms with Gasteiger partial charge in [0.05, 0.1) is 11.7 Å². The molecule has 3 N–H and O–H groups in total. The third kappa shape index (κ3) is 2.53. The summed E-state index contributed by atoms with van der Waals surface area (Å²) in [6, 6.07) is 12.7. The molecule has 2 aromatic heterocycles. The summed E-state index contributed by atoms with van der Waals surface area (Å²) in [4.78, 5) is 12.4. The fraction of sp³-hybridized carbons (Fsp3) is 0. The molecule has 2 heterocycles. The topological polar surface area (TPSA) is 112 Å². The molecule has 0 aliphatic carbocycles. The SMILES string of the molecule is O=C(Nc1cccc(-c2nnn[nH]2)c1)c1ccc2cn[nH]c2c1. The zero-order valence-corrected chi connectivity index (χ0v) is 11.8. The number of rotatable bonds is 3. The van der Waals surface area contributed by atoms with E-state index >= 15 is 0 Å². The normalized spacial score (nSPS) is 10.8. The first-order valence-electron chi connectivity index (χ1n) is 6.88. The number of nitrogens with zero attached hydrogens (tertiary/aromatic N) is 4. The van der Waals surface area contributed by atoms with E-state index in [2.05, 4.69) is 36.1 Å². The molecule has 4 aromatic rings. The molecular weight excluding hydrogens is 294 g/mol. The van der Waals surface area contributed by atoms with Crippen LogP contribution in [0.15, 0.2) is 48.7 Å². The monoisotopic (exact) mass is 305 g/mol. The van der Waals surface area contributed by atoms with Crippen LogP contribution in [0, 0.1) is 0 Å². The van der Waals surface area contributed by atoms with Crippen LogP contribution in [-0.4, -0.2) is 36.7 Å². The Kier molecular flexibility index (Phi) is 3.05. The number of carbonyl (C=O) groups excluding carboxylic acids is 1. The summed E-state index contributed by atoms with van der Waals surface area (Å²) >= 11 is 0. The number of nitrogens with one attached hydrogen (secondary N) is 3. The fourth-order valence-corrected chi connectivity index (χ4v) is 2.31. The van der Waals surface area contributed by atoms with Crippen LogP contribution in [-0.2, 0) is 0 Å². The predicted octanol–water partition coefficient (Wildman–Crippen LogP) is 2.00. The van der Waals surface area contributed by atoms with Crippen molar-refractivity contribution in [3.8, 4) is 11.4 Å². The highest BCUT2D eigenvalue weighted by molar-refractivity contribution is 6.06. The number of hydrogen-bond acceptors (Lipinski definition) is 5. The zero-order valence-electron chi connectivity index (χ0n) is 11.8. The van der Waals surface area contributed by atoms with Crippen LogP contribution in [0.4, 0.5) is 5.69 Å². The largest absolute Gasteiger partial charge is 0.322 e. The molecule has 23 heavy (non-hydrogen) atoms. The van der Waals surface area contributed by atoms with Crippen LogP contribution in [0.1, 0.15) is 10.4 Å². The van der Waals surface area contributed by atoms with E-state index < -0.39 is 0 Å². The van der Waals surface area contributed by atoms with Crippen LogP contribution >= 0.6 is 0 Å². The molecular formula is C15H11N7O. The first-order valence-corrected chi connectivity index (χ1v) is 6.88. The average Bonchev–Trinajstić information content (AvgIpc) is 3.26. The maximum atomic E-state index is 12.4. The number of H-pyrrole nitrogens is 2.